The lowest BCUT2D eigenvalue weighted by Gasteiger charge is -2.15. The van der Waals surface area contributed by atoms with Gasteiger partial charge in [0.25, 0.3) is 0 Å². The fourth-order valence-corrected chi connectivity index (χ4v) is 2.25. The second-order valence-corrected chi connectivity index (χ2v) is 6.85. The molecule has 0 aliphatic rings. The van der Waals surface area contributed by atoms with Crippen molar-refractivity contribution in [2.45, 2.75) is 27.4 Å². The quantitative estimate of drug-likeness (QED) is 0.700. The molecule has 3 rings (SSSR count). The van der Waals surface area contributed by atoms with Crippen LogP contribution in [0.4, 0.5) is 0 Å². The lowest BCUT2D eigenvalue weighted by Crippen LogP contribution is -2.22. The number of carbonyl (C=O) groups is 1. The maximum Gasteiger partial charge on any atom is 0.311 e. The number of esters is 1. The number of rotatable bonds is 5. The lowest BCUT2D eigenvalue weighted by molar-refractivity contribution is -0.154. The number of nitrogens with zero attached hydrogens (tertiary/aromatic N) is 2. The first-order valence-corrected chi connectivity index (χ1v) is 8.18. The first-order chi connectivity index (χ1) is 12.4. The topological polar surface area (TPSA) is 86.3 Å². The highest BCUT2D eigenvalue weighted by Gasteiger charge is 2.23. The molecule has 0 aliphatic carbocycles. The molecule has 0 spiro atoms. The number of carbonyl (C=O) groups excluding carboxylic acids is 1. The van der Waals surface area contributed by atoms with Crippen LogP contribution in [0, 0.1) is 5.41 Å². The molecule has 0 amide bonds. The fourth-order valence-electron chi connectivity index (χ4n) is 2.25. The van der Waals surface area contributed by atoms with Crippen molar-refractivity contribution in [2.24, 2.45) is 5.41 Å². The van der Waals surface area contributed by atoms with Crippen molar-refractivity contribution in [2.75, 3.05) is 7.11 Å². The number of H-pyrrole nitrogens is 1. The molecule has 1 N–H and O–H groups in total. The zero-order valence-corrected chi connectivity index (χ0v) is 15.2. The van der Waals surface area contributed by atoms with E-state index in [4.69, 9.17) is 14.2 Å². The Kier molecular flexibility index (Phi) is 4.79. The number of ether oxygens (including phenoxy) is 3. The monoisotopic (exact) mass is 355 g/mol. The summed E-state index contributed by atoms with van der Waals surface area (Å²) in [7, 11) is 1.60. The highest BCUT2D eigenvalue weighted by atomic mass is 16.5. The zero-order chi connectivity index (χ0) is 18.7. The van der Waals surface area contributed by atoms with E-state index in [1.165, 1.54) is 6.33 Å². The molecule has 0 atom stereocenters. The second-order valence-electron chi connectivity index (χ2n) is 6.85. The maximum atomic E-state index is 11.8. The van der Waals surface area contributed by atoms with Crippen LogP contribution in [0.2, 0.25) is 0 Å². The normalized spacial score (nSPS) is 11.4. The van der Waals surface area contributed by atoms with Gasteiger partial charge in [-0.15, -0.1) is 0 Å². The largest absolute Gasteiger partial charge is 0.497 e. The first kappa shape index (κ1) is 17.7. The maximum absolute atomic E-state index is 11.8. The molecule has 0 saturated heterocycles. The van der Waals surface area contributed by atoms with E-state index < -0.39 is 5.41 Å². The van der Waals surface area contributed by atoms with Gasteiger partial charge in [0.05, 0.1) is 29.1 Å². The minimum absolute atomic E-state index is 0.151. The van der Waals surface area contributed by atoms with Crippen molar-refractivity contribution < 1.29 is 19.0 Å². The van der Waals surface area contributed by atoms with Crippen LogP contribution in [0.15, 0.2) is 36.8 Å². The molecule has 136 valence electrons. The van der Waals surface area contributed by atoms with Crippen molar-refractivity contribution in [1.82, 2.24) is 15.0 Å². The summed E-state index contributed by atoms with van der Waals surface area (Å²) in [5.41, 5.74) is 0.949. The van der Waals surface area contributed by atoms with Gasteiger partial charge in [-0.25, -0.2) is 9.97 Å². The molecular weight excluding hydrogens is 334 g/mol. The van der Waals surface area contributed by atoms with Gasteiger partial charge in [0.2, 0.25) is 5.88 Å². The fraction of sp³-hybridized carbons (Fsp3) is 0.316. The van der Waals surface area contributed by atoms with Crippen molar-refractivity contribution >= 4 is 16.9 Å². The highest BCUT2D eigenvalue weighted by molar-refractivity contribution is 5.84. The van der Waals surface area contributed by atoms with Gasteiger partial charge in [0, 0.05) is 12.3 Å². The second kappa shape index (κ2) is 7.03. The zero-order valence-electron chi connectivity index (χ0n) is 15.2. The van der Waals surface area contributed by atoms with Gasteiger partial charge in [0.15, 0.2) is 0 Å². The smallest absolute Gasteiger partial charge is 0.311 e. The van der Waals surface area contributed by atoms with Crippen molar-refractivity contribution in [3.63, 3.8) is 0 Å². The third kappa shape index (κ3) is 3.93. The Bertz CT molecular complexity index is 928. The van der Waals surface area contributed by atoms with E-state index >= 15 is 0 Å². The molecule has 0 unspecified atom stereocenters. The first-order valence-electron chi connectivity index (χ1n) is 8.18. The number of aromatic amines is 1. The molecular formula is C19H21N3O4. The van der Waals surface area contributed by atoms with Crippen LogP contribution < -0.4 is 9.47 Å². The summed E-state index contributed by atoms with van der Waals surface area (Å²) in [5.74, 6) is 1.42. The van der Waals surface area contributed by atoms with Gasteiger partial charge in [-0.3, -0.25) is 4.79 Å². The van der Waals surface area contributed by atoms with E-state index in [9.17, 15) is 4.79 Å². The molecule has 3 aromatic rings. The number of hydrogen-bond acceptors (Lipinski definition) is 6. The lowest BCUT2D eigenvalue weighted by atomic mass is 9.97. The van der Waals surface area contributed by atoms with Crippen LogP contribution in [-0.4, -0.2) is 28.0 Å². The van der Waals surface area contributed by atoms with E-state index in [-0.39, 0.29) is 12.6 Å². The van der Waals surface area contributed by atoms with E-state index in [1.54, 1.807) is 19.4 Å². The molecule has 7 nitrogen and oxygen atoms in total. The molecule has 0 bridgehead atoms. The number of nitrogens with one attached hydrogen (secondary N) is 1. The third-order valence-electron chi connectivity index (χ3n) is 3.71. The summed E-state index contributed by atoms with van der Waals surface area (Å²) in [6.45, 7) is 5.59. The Morgan fingerprint density at radius 1 is 1.15 bits per heavy atom. The molecule has 2 aromatic heterocycles. The van der Waals surface area contributed by atoms with Gasteiger partial charge in [0.1, 0.15) is 24.4 Å². The summed E-state index contributed by atoms with van der Waals surface area (Å²) in [6.07, 6.45) is 3.14. The average Bonchev–Trinajstić information content (AvgIpc) is 3.06. The third-order valence-corrected chi connectivity index (χ3v) is 3.71. The van der Waals surface area contributed by atoms with E-state index in [0.717, 1.165) is 16.6 Å². The van der Waals surface area contributed by atoms with E-state index in [0.29, 0.717) is 17.4 Å². The number of aromatic nitrogens is 3. The van der Waals surface area contributed by atoms with Gasteiger partial charge in [-0.1, -0.05) is 0 Å². The van der Waals surface area contributed by atoms with Crippen LogP contribution in [0.25, 0.3) is 10.9 Å². The Hall–Kier alpha value is -3.09. The number of fused-ring (bicyclic) bond motifs is 1. The standard InChI is InChI=1S/C19H21N3O4/c1-19(2,3)18(23)25-10-12-7-14(9-20-12)26-17-15-8-13(24-4)5-6-16(15)21-11-22-17/h5-9,11,20H,10H2,1-4H3. The minimum Gasteiger partial charge on any atom is -0.497 e. The van der Waals surface area contributed by atoms with Gasteiger partial charge in [-0.05, 0) is 39.0 Å². The minimum atomic E-state index is -0.537. The molecule has 0 radical (unpaired) electrons. The molecule has 0 saturated carbocycles. The Morgan fingerprint density at radius 3 is 2.69 bits per heavy atom. The predicted molar refractivity (Wildman–Crippen MR) is 96.2 cm³/mol. The van der Waals surface area contributed by atoms with Crippen LogP contribution in [0.5, 0.6) is 17.4 Å². The average molecular weight is 355 g/mol. The molecule has 2 heterocycles. The molecule has 7 heteroatoms. The molecule has 1 aromatic carbocycles. The number of methoxy groups -OCH3 is 1. The summed E-state index contributed by atoms with van der Waals surface area (Å²) in [4.78, 5) is 23.3. The Labute approximate surface area is 151 Å². The van der Waals surface area contributed by atoms with Gasteiger partial charge >= 0.3 is 5.97 Å². The SMILES string of the molecule is COc1ccc2ncnc(Oc3c[nH]c(COC(=O)C(C)(C)C)c3)c2c1. The molecule has 26 heavy (non-hydrogen) atoms. The van der Waals surface area contributed by atoms with Crippen LogP contribution in [0.1, 0.15) is 26.5 Å². The Balaban J connectivity index is 1.75. The van der Waals surface area contributed by atoms with Crippen LogP contribution in [0.3, 0.4) is 0 Å². The Morgan fingerprint density at radius 2 is 1.96 bits per heavy atom. The number of hydrogen-bond donors (Lipinski definition) is 1. The molecule has 0 fully saturated rings. The van der Waals surface area contributed by atoms with Gasteiger partial charge in [-0.2, -0.15) is 0 Å². The highest BCUT2D eigenvalue weighted by Crippen LogP contribution is 2.29. The summed E-state index contributed by atoms with van der Waals surface area (Å²) < 4.78 is 16.4. The van der Waals surface area contributed by atoms with E-state index in [1.807, 2.05) is 39.0 Å². The van der Waals surface area contributed by atoms with Crippen molar-refractivity contribution in [3.05, 3.63) is 42.5 Å². The summed E-state index contributed by atoms with van der Waals surface area (Å²) >= 11 is 0. The summed E-state index contributed by atoms with van der Waals surface area (Å²) in [5, 5.41) is 0.744. The van der Waals surface area contributed by atoms with E-state index in [2.05, 4.69) is 15.0 Å². The van der Waals surface area contributed by atoms with Crippen LogP contribution >= 0.6 is 0 Å². The summed E-state index contributed by atoms with van der Waals surface area (Å²) in [6, 6.07) is 7.27. The van der Waals surface area contributed by atoms with Gasteiger partial charge < -0.3 is 19.2 Å². The van der Waals surface area contributed by atoms with Crippen molar-refractivity contribution in [3.8, 4) is 17.4 Å². The molecule has 0 aliphatic heterocycles. The predicted octanol–water partition coefficient (Wildman–Crippen LogP) is 3.85. The van der Waals surface area contributed by atoms with Crippen LogP contribution in [-0.2, 0) is 16.1 Å². The van der Waals surface area contributed by atoms with Crippen molar-refractivity contribution in [1.29, 1.82) is 0 Å². The number of benzene rings is 1.